The van der Waals surface area contributed by atoms with E-state index in [0.717, 1.165) is 22.1 Å². The molecule has 0 bridgehead atoms. The number of aliphatic hydroxyl groups excluding tert-OH is 2. The van der Waals surface area contributed by atoms with Crippen LogP contribution in [-0.2, 0) is 21.9 Å². The Balaban J connectivity index is 1.34. The minimum Gasteiger partial charge on any atom is -0.507 e. The number of benzene rings is 4. The number of fused-ring (bicyclic) bond motifs is 2. The average Bonchev–Trinajstić information content (AvgIpc) is 3.38. The van der Waals surface area contributed by atoms with E-state index in [4.69, 9.17) is 0 Å². The Morgan fingerprint density at radius 1 is 0.868 bits per heavy atom. The quantitative estimate of drug-likeness (QED) is 0.0653. The summed E-state index contributed by atoms with van der Waals surface area (Å²) in [5, 5.41) is 34.5. The molecule has 6 nitrogen and oxygen atoms in total. The van der Waals surface area contributed by atoms with Gasteiger partial charge in [0.15, 0.2) is 0 Å². The predicted molar refractivity (Wildman–Crippen MR) is 188 cm³/mol. The summed E-state index contributed by atoms with van der Waals surface area (Å²) in [7, 11) is 0. The number of carbonyl (C=O) groups is 2. The molecule has 3 N–H and O–H groups in total. The number of phenols is 1. The van der Waals surface area contributed by atoms with Crippen molar-refractivity contribution in [1.82, 2.24) is 0 Å². The minimum absolute atomic E-state index is 0.0472. The molecule has 0 spiro atoms. The zero-order chi connectivity index (χ0) is 38.2. The van der Waals surface area contributed by atoms with E-state index in [0.29, 0.717) is 52.8 Å². The molecule has 4 aromatic carbocycles. The standard InChI is InChI=1S/C41H37F6NO5/c1-2-8-26-18-32-37(39(53)48(38(32)52)29-20-27(40(42,43)44)19-28(21-29)41(45,46)47)33(22-49)36(26)35(51)16-13-24(23-9-4-3-5-10-23)17-25-14-15-34(50)31-12-7-6-11-30(25)31/h3-7,9-12,14-15,17,19-21,32-33,35,37,49-51H,2,8,13,16,18,22H2,1H3/b24-17-/t32-,33+,35-,37-/m1/s1. The summed E-state index contributed by atoms with van der Waals surface area (Å²) in [5.41, 5.74) is -0.667. The Hall–Kier alpha value is -4.94. The van der Waals surface area contributed by atoms with Crippen LogP contribution in [0.4, 0.5) is 32.0 Å². The molecule has 4 aromatic rings. The second-order valence-corrected chi connectivity index (χ2v) is 13.5. The van der Waals surface area contributed by atoms with Crippen molar-refractivity contribution >= 4 is 39.9 Å². The van der Waals surface area contributed by atoms with Crippen molar-refractivity contribution in [3.63, 3.8) is 0 Å². The number of imide groups is 1. The summed E-state index contributed by atoms with van der Waals surface area (Å²) >= 11 is 0. The minimum atomic E-state index is -5.20. The molecule has 0 radical (unpaired) electrons. The summed E-state index contributed by atoms with van der Waals surface area (Å²) in [6, 6.07) is 20.8. The Kier molecular flexibility index (Phi) is 10.6. The fourth-order valence-corrected chi connectivity index (χ4v) is 7.84. The van der Waals surface area contributed by atoms with Crippen LogP contribution in [0.5, 0.6) is 5.75 Å². The van der Waals surface area contributed by atoms with Gasteiger partial charge in [0.05, 0.1) is 41.4 Å². The summed E-state index contributed by atoms with van der Waals surface area (Å²) < 4.78 is 82.3. The van der Waals surface area contributed by atoms with Gasteiger partial charge in [-0.25, -0.2) is 4.90 Å². The van der Waals surface area contributed by atoms with Crippen LogP contribution in [0.1, 0.15) is 61.3 Å². The summed E-state index contributed by atoms with van der Waals surface area (Å²) in [6.45, 7) is 1.18. The molecule has 6 rings (SSSR count). The second-order valence-electron chi connectivity index (χ2n) is 13.5. The van der Waals surface area contributed by atoms with Crippen molar-refractivity contribution in [3.05, 3.63) is 118 Å². The molecule has 0 saturated carbocycles. The number of hydrogen-bond acceptors (Lipinski definition) is 5. The number of phenolic OH excluding ortho intramolecular Hbond substituents is 1. The molecule has 2 aliphatic rings. The van der Waals surface area contributed by atoms with Gasteiger partial charge in [-0.3, -0.25) is 9.59 Å². The highest BCUT2D eigenvalue weighted by Gasteiger charge is 2.55. The van der Waals surface area contributed by atoms with Crippen molar-refractivity contribution in [1.29, 1.82) is 0 Å². The SMILES string of the molecule is CCCC1=C([C@H](O)CC/C(=C/c2ccc(O)c3ccccc23)c2ccccc2)[C@H](CO)[C@@H]2C(=O)N(c3cc(C(F)(F)F)cc(C(F)(F)F)c3)C(=O)[C@@H]2C1. The summed E-state index contributed by atoms with van der Waals surface area (Å²) in [5.74, 6) is -5.43. The summed E-state index contributed by atoms with van der Waals surface area (Å²) in [6.07, 6.45) is -8.28. The van der Waals surface area contributed by atoms with Crippen molar-refractivity contribution in [2.75, 3.05) is 11.5 Å². The molecule has 4 atom stereocenters. The van der Waals surface area contributed by atoms with Crippen LogP contribution in [0.2, 0.25) is 0 Å². The number of carbonyl (C=O) groups excluding carboxylic acids is 2. The Morgan fingerprint density at radius 2 is 1.49 bits per heavy atom. The monoisotopic (exact) mass is 737 g/mol. The van der Waals surface area contributed by atoms with Crippen LogP contribution < -0.4 is 4.90 Å². The molecule has 1 heterocycles. The van der Waals surface area contributed by atoms with E-state index in [1.807, 2.05) is 61.5 Å². The number of allylic oxidation sites excluding steroid dienone is 2. The third-order valence-electron chi connectivity index (χ3n) is 10.2. The first-order chi connectivity index (χ1) is 25.1. The largest absolute Gasteiger partial charge is 0.507 e. The lowest BCUT2D eigenvalue weighted by molar-refractivity contribution is -0.143. The van der Waals surface area contributed by atoms with E-state index in [1.54, 1.807) is 18.2 Å². The zero-order valence-corrected chi connectivity index (χ0v) is 28.6. The first kappa shape index (κ1) is 37.8. The van der Waals surface area contributed by atoms with Gasteiger partial charge < -0.3 is 15.3 Å². The Bertz CT molecular complexity index is 2060. The molecule has 0 unspecified atom stereocenters. The maximum Gasteiger partial charge on any atom is 0.416 e. The van der Waals surface area contributed by atoms with Crippen LogP contribution in [0.25, 0.3) is 22.4 Å². The number of hydrogen-bond donors (Lipinski definition) is 3. The van der Waals surface area contributed by atoms with E-state index in [9.17, 15) is 51.3 Å². The van der Waals surface area contributed by atoms with Crippen LogP contribution >= 0.6 is 0 Å². The number of aliphatic hydroxyl groups is 2. The molecule has 1 saturated heterocycles. The van der Waals surface area contributed by atoms with Crippen molar-refractivity contribution in [2.24, 2.45) is 17.8 Å². The van der Waals surface area contributed by atoms with Gasteiger partial charge in [-0.2, -0.15) is 26.3 Å². The van der Waals surface area contributed by atoms with Gasteiger partial charge in [-0.1, -0.05) is 85.7 Å². The third-order valence-corrected chi connectivity index (χ3v) is 10.2. The highest BCUT2D eigenvalue weighted by Crippen LogP contribution is 2.49. The van der Waals surface area contributed by atoms with Crippen molar-refractivity contribution in [2.45, 2.75) is 57.5 Å². The van der Waals surface area contributed by atoms with Gasteiger partial charge >= 0.3 is 12.4 Å². The molecular weight excluding hydrogens is 700 g/mol. The lowest BCUT2D eigenvalue weighted by Gasteiger charge is -2.36. The number of rotatable bonds is 10. The normalized spacial score (nSPS) is 20.4. The highest BCUT2D eigenvalue weighted by molar-refractivity contribution is 6.22. The topological polar surface area (TPSA) is 98.1 Å². The number of alkyl halides is 6. The van der Waals surface area contributed by atoms with E-state index in [1.165, 1.54) is 0 Å². The predicted octanol–water partition coefficient (Wildman–Crippen LogP) is 9.18. The number of nitrogens with zero attached hydrogens (tertiary/aromatic N) is 1. The Labute approximate surface area is 301 Å². The average molecular weight is 738 g/mol. The molecule has 1 fully saturated rings. The molecule has 1 aliphatic carbocycles. The number of halogens is 6. The fraction of sp³-hybridized carbons (Fsp3) is 0.317. The fourth-order valence-electron chi connectivity index (χ4n) is 7.84. The second kappa shape index (κ2) is 14.8. The molecule has 0 aromatic heterocycles. The number of anilines is 1. The highest BCUT2D eigenvalue weighted by atomic mass is 19.4. The van der Waals surface area contributed by atoms with E-state index >= 15 is 0 Å². The molecular formula is C41H37F6NO5. The summed E-state index contributed by atoms with van der Waals surface area (Å²) in [4.78, 5) is 28.1. The zero-order valence-electron chi connectivity index (χ0n) is 28.6. The molecule has 2 amide bonds. The van der Waals surface area contributed by atoms with Gasteiger partial charge in [0, 0.05) is 11.3 Å². The lowest BCUT2D eigenvalue weighted by Crippen LogP contribution is -2.39. The number of aromatic hydroxyl groups is 1. The molecule has 53 heavy (non-hydrogen) atoms. The van der Waals surface area contributed by atoms with E-state index in [2.05, 4.69) is 0 Å². The maximum absolute atomic E-state index is 14.0. The van der Waals surface area contributed by atoms with E-state index in [-0.39, 0.29) is 24.7 Å². The smallest absolute Gasteiger partial charge is 0.416 e. The lowest BCUT2D eigenvalue weighted by atomic mass is 9.67. The molecule has 1 aliphatic heterocycles. The van der Waals surface area contributed by atoms with Crippen LogP contribution in [0.3, 0.4) is 0 Å². The van der Waals surface area contributed by atoms with Crippen molar-refractivity contribution < 1.29 is 51.3 Å². The van der Waals surface area contributed by atoms with Crippen LogP contribution in [0, 0.1) is 17.8 Å². The van der Waals surface area contributed by atoms with Gasteiger partial charge in [0.2, 0.25) is 11.8 Å². The molecule has 278 valence electrons. The first-order valence-electron chi connectivity index (χ1n) is 17.3. The van der Waals surface area contributed by atoms with Crippen LogP contribution in [-0.4, -0.2) is 39.8 Å². The van der Waals surface area contributed by atoms with Gasteiger partial charge in [0.25, 0.3) is 0 Å². The first-order valence-corrected chi connectivity index (χ1v) is 17.3. The van der Waals surface area contributed by atoms with Gasteiger partial charge in [-0.15, -0.1) is 0 Å². The Morgan fingerprint density at radius 3 is 2.09 bits per heavy atom. The maximum atomic E-state index is 14.0. The van der Waals surface area contributed by atoms with Crippen molar-refractivity contribution in [3.8, 4) is 5.75 Å². The van der Waals surface area contributed by atoms with Crippen LogP contribution in [0.15, 0.2) is 96.1 Å². The molecule has 12 heteroatoms. The van der Waals surface area contributed by atoms with E-state index < -0.39 is 71.4 Å². The van der Waals surface area contributed by atoms with Gasteiger partial charge in [-0.05, 0) is 77.6 Å². The van der Waals surface area contributed by atoms with Gasteiger partial charge in [0.1, 0.15) is 5.75 Å². The third kappa shape index (κ3) is 7.48. The number of amides is 2.